The van der Waals surface area contributed by atoms with Gasteiger partial charge in [0, 0.05) is 5.56 Å². The molecule has 0 radical (unpaired) electrons. The van der Waals surface area contributed by atoms with Gasteiger partial charge in [-0.05, 0) is 52.3 Å². The van der Waals surface area contributed by atoms with Crippen LogP contribution in [0.2, 0.25) is 0 Å². The minimum absolute atomic E-state index is 0.119. The monoisotopic (exact) mass is 433 g/mol. The summed E-state index contributed by atoms with van der Waals surface area (Å²) >= 11 is 3.11. The van der Waals surface area contributed by atoms with Gasteiger partial charge in [0.1, 0.15) is 11.6 Å². The number of methoxy groups -OCH3 is 1. The van der Waals surface area contributed by atoms with Gasteiger partial charge in [-0.2, -0.15) is 5.10 Å². The number of furan rings is 1. The van der Waals surface area contributed by atoms with Crippen LogP contribution < -0.4 is 15.4 Å². The highest BCUT2D eigenvalue weighted by Crippen LogP contribution is 2.18. The van der Waals surface area contributed by atoms with Crippen molar-refractivity contribution < 1.29 is 18.7 Å². The maximum atomic E-state index is 11.9. The third-order valence-electron chi connectivity index (χ3n) is 3.54. The molecule has 140 valence electrons. The van der Waals surface area contributed by atoms with Crippen molar-refractivity contribution in [3.8, 4) is 17.1 Å². The van der Waals surface area contributed by atoms with Gasteiger partial charge in [0.05, 0.1) is 20.2 Å². The number of carbonyl (C=O) groups excluding carboxylic acids is 2. The van der Waals surface area contributed by atoms with Crippen LogP contribution in [0, 0.1) is 0 Å². The Morgan fingerprint density at radius 3 is 2.63 bits per heavy atom. The Bertz CT molecular complexity index is 935. The van der Waals surface area contributed by atoms with E-state index in [0.29, 0.717) is 16.3 Å². The fraction of sp³-hybridized carbons (Fsp3) is 0.176. The lowest BCUT2D eigenvalue weighted by Crippen LogP contribution is -2.36. The van der Waals surface area contributed by atoms with E-state index in [1.807, 2.05) is 24.3 Å². The molecule has 0 atom stereocenters. The average molecular weight is 434 g/mol. The largest absolute Gasteiger partial charge is 0.497 e. The second kappa shape index (κ2) is 8.49. The van der Waals surface area contributed by atoms with Crippen LogP contribution in [0.3, 0.4) is 0 Å². The molecule has 2 aromatic heterocycles. The van der Waals surface area contributed by atoms with Gasteiger partial charge < -0.3 is 19.8 Å². The van der Waals surface area contributed by atoms with E-state index >= 15 is 0 Å². The normalized spacial score (nSPS) is 10.4. The number of hydrogen-bond acceptors (Lipinski definition) is 6. The standard InChI is InChI=1S/C17H16BrN5O4/c1-26-11-4-2-10(3-5-11)16-21-14(22-23-16)8-19-15(24)9-20-17(25)12-6-7-13(18)27-12/h2-7H,8-9H2,1H3,(H,19,24)(H,20,25)(H,21,22,23). The van der Waals surface area contributed by atoms with E-state index in [4.69, 9.17) is 9.15 Å². The molecule has 3 N–H and O–H groups in total. The molecule has 9 nitrogen and oxygen atoms in total. The number of aromatic nitrogens is 3. The van der Waals surface area contributed by atoms with E-state index in [1.165, 1.54) is 6.07 Å². The van der Waals surface area contributed by atoms with Crippen LogP contribution in [0.4, 0.5) is 0 Å². The predicted octanol–water partition coefficient (Wildman–Crippen LogP) is 1.88. The Morgan fingerprint density at radius 2 is 1.96 bits per heavy atom. The summed E-state index contributed by atoms with van der Waals surface area (Å²) in [6, 6.07) is 10.4. The summed E-state index contributed by atoms with van der Waals surface area (Å²) in [5, 5.41) is 12.0. The van der Waals surface area contributed by atoms with Crippen molar-refractivity contribution in [1.82, 2.24) is 25.8 Å². The minimum Gasteiger partial charge on any atom is -0.497 e. The van der Waals surface area contributed by atoms with Crippen LogP contribution in [-0.4, -0.2) is 40.7 Å². The van der Waals surface area contributed by atoms with Gasteiger partial charge >= 0.3 is 0 Å². The predicted molar refractivity (Wildman–Crippen MR) is 99.0 cm³/mol. The number of nitrogens with one attached hydrogen (secondary N) is 3. The molecule has 0 fully saturated rings. The van der Waals surface area contributed by atoms with Crippen molar-refractivity contribution >= 4 is 27.7 Å². The summed E-state index contributed by atoms with van der Waals surface area (Å²) in [6.45, 7) is -0.0270. The van der Waals surface area contributed by atoms with Gasteiger partial charge in [-0.3, -0.25) is 14.7 Å². The summed E-state index contributed by atoms with van der Waals surface area (Å²) in [6.07, 6.45) is 0. The first-order valence-electron chi connectivity index (χ1n) is 7.91. The molecule has 0 spiro atoms. The highest BCUT2D eigenvalue weighted by atomic mass is 79.9. The van der Waals surface area contributed by atoms with Gasteiger partial charge in [0.25, 0.3) is 5.91 Å². The molecule has 0 saturated carbocycles. The zero-order valence-corrected chi connectivity index (χ0v) is 15.9. The van der Waals surface area contributed by atoms with Crippen molar-refractivity contribution in [1.29, 1.82) is 0 Å². The topological polar surface area (TPSA) is 122 Å². The molecular weight excluding hydrogens is 418 g/mol. The Balaban J connectivity index is 1.47. The number of aromatic amines is 1. The van der Waals surface area contributed by atoms with E-state index in [9.17, 15) is 9.59 Å². The Kier molecular flexibility index (Phi) is 5.87. The molecule has 0 bridgehead atoms. The number of amides is 2. The third-order valence-corrected chi connectivity index (χ3v) is 3.97. The average Bonchev–Trinajstić information content (AvgIpc) is 3.33. The molecule has 27 heavy (non-hydrogen) atoms. The molecule has 3 rings (SSSR count). The highest BCUT2D eigenvalue weighted by Gasteiger charge is 2.12. The van der Waals surface area contributed by atoms with Gasteiger partial charge in [-0.15, -0.1) is 0 Å². The highest BCUT2D eigenvalue weighted by molar-refractivity contribution is 9.10. The number of ether oxygens (including phenoxy) is 1. The van der Waals surface area contributed by atoms with Gasteiger partial charge in [-0.25, -0.2) is 4.98 Å². The molecular formula is C17H16BrN5O4. The van der Waals surface area contributed by atoms with Crippen molar-refractivity contribution in [2.75, 3.05) is 13.7 Å². The van der Waals surface area contributed by atoms with Gasteiger partial charge in [0.15, 0.2) is 16.3 Å². The van der Waals surface area contributed by atoms with Crippen molar-refractivity contribution in [2.45, 2.75) is 6.54 Å². The molecule has 2 heterocycles. The third kappa shape index (κ3) is 4.94. The quantitative estimate of drug-likeness (QED) is 0.522. The van der Waals surface area contributed by atoms with Crippen LogP contribution in [0.5, 0.6) is 5.75 Å². The summed E-state index contributed by atoms with van der Waals surface area (Å²) in [4.78, 5) is 28.0. The van der Waals surface area contributed by atoms with Crippen LogP contribution in [0.15, 0.2) is 45.5 Å². The molecule has 0 saturated heterocycles. The number of hydrogen-bond donors (Lipinski definition) is 3. The first kappa shape index (κ1) is 18.6. The van der Waals surface area contributed by atoms with Crippen LogP contribution in [0.1, 0.15) is 16.4 Å². The first-order chi connectivity index (χ1) is 13.0. The second-order valence-corrected chi connectivity index (χ2v) is 6.18. The van der Waals surface area contributed by atoms with Crippen LogP contribution in [0.25, 0.3) is 11.4 Å². The second-order valence-electron chi connectivity index (χ2n) is 5.40. The van der Waals surface area contributed by atoms with Crippen LogP contribution in [-0.2, 0) is 11.3 Å². The van der Waals surface area contributed by atoms with E-state index in [-0.39, 0.29) is 24.8 Å². The van der Waals surface area contributed by atoms with E-state index < -0.39 is 5.91 Å². The maximum Gasteiger partial charge on any atom is 0.287 e. The molecule has 0 aliphatic carbocycles. The van der Waals surface area contributed by atoms with Gasteiger partial charge in [0.2, 0.25) is 5.91 Å². The van der Waals surface area contributed by atoms with Crippen molar-refractivity contribution in [3.63, 3.8) is 0 Å². The zero-order valence-electron chi connectivity index (χ0n) is 14.3. The lowest BCUT2D eigenvalue weighted by Gasteiger charge is -2.04. The lowest BCUT2D eigenvalue weighted by atomic mass is 10.2. The van der Waals surface area contributed by atoms with Crippen LogP contribution >= 0.6 is 15.9 Å². The molecule has 10 heteroatoms. The Labute approximate surface area is 162 Å². The molecule has 0 unspecified atom stereocenters. The summed E-state index contributed by atoms with van der Waals surface area (Å²) in [5.41, 5.74) is 0.821. The molecule has 0 aliphatic heterocycles. The Hall–Kier alpha value is -3.14. The zero-order chi connectivity index (χ0) is 19.2. The van der Waals surface area contributed by atoms with Crippen molar-refractivity contribution in [3.05, 3.63) is 52.7 Å². The van der Waals surface area contributed by atoms with E-state index in [1.54, 1.807) is 13.2 Å². The fourth-order valence-corrected chi connectivity index (χ4v) is 2.48. The van der Waals surface area contributed by atoms with E-state index in [2.05, 4.69) is 41.7 Å². The number of carbonyl (C=O) groups is 2. The van der Waals surface area contributed by atoms with Crippen molar-refractivity contribution in [2.24, 2.45) is 0 Å². The maximum absolute atomic E-state index is 11.9. The smallest absolute Gasteiger partial charge is 0.287 e. The number of benzene rings is 1. The molecule has 2 amide bonds. The first-order valence-corrected chi connectivity index (χ1v) is 8.70. The number of halogens is 1. The SMILES string of the molecule is COc1ccc(-c2n[nH]c(CNC(=O)CNC(=O)c3ccc(Br)o3)n2)cc1. The molecule has 1 aromatic carbocycles. The minimum atomic E-state index is -0.475. The number of H-pyrrole nitrogens is 1. The lowest BCUT2D eigenvalue weighted by molar-refractivity contribution is -0.120. The molecule has 3 aromatic rings. The summed E-state index contributed by atoms with van der Waals surface area (Å²) in [5.74, 6) is 1.03. The summed E-state index contributed by atoms with van der Waals surface area (Å²) < 4.78 is 10.7. The van der Waals surface area contributed by atoms with Gasteiger partial charge in [-0.1, -0.05) is 0 Å². The molecule has 0 aliphatic rings. The number of rotatable bonds is 7. The summed E-state index contributed by atoms with van der Waals surface area (Å²) in [7, 11) is 1.60. The number of nitrogens with zero attached hydrogens (tertiary/aromatic N) is 2. The fourth-order valence-electron chi connectivity index (χ4n) is 2.17. The Morgan fingerprint density at radius 1 is 1.19 bits per heavy atom. The van der Waals surface area contributed by atoms with E-state index in [0.717, 1.165) is 11.3 Å².